The number of hydrogen-bond donors (Lipinski definition) is 0. The molecule has 2 atom stereocenters. The average molecular weight is 280 g/mol. The summed E-state index contributed by atoms with van der Waals surface area (Å²) >= 11 is 6.31. The summed E-state index contributed by atoms with van der Waals surface area (Å²) in [4.78, 5) is 0. The number of alkyl halides is 1. The van der Waals surface area contributed by atoms with E-state index in [2.05, 4.69) is 6.07 Å². The summed E-state index contributed by atoms with van der Waals surface area (Å²) in [6, 6.07) is 2.09. The van der Waals surface area contributed by atoms with Gasteiger partial charge >= 0.3 is 7.60 Å². The third kappa shape index (κ3) is 2.53. The van der Waals surface area contributed by atoms with Crippen LogP contribution < -0.4 is 0 Å². The second-order valence-electron chi connectivity index (χ2n) is 5.19. The zero-order valence-corrected chi connectivity index (χ0v) is 12.5. The lowest BCUT2D eigenvalue weighted by Gasteiger charge is -2.27. The second kappa shape index (κ2) is 4.55. The largest absolute Gasteiger partial charge is 0.353 e. The summed E-state index contributed by atoms with van der Waals surface area (Å²) in [5.74, 6) is 0. The smallest absolute Gasteiger partial charge is 0.305 e. The predicted octanol–water partition coefficient (Wildman–Crippen LogP) is 3.90. The van der Waals surface area contributed by atoms with Gasteiger partial charge in [0.1, 0.15) is 0 Å². The minimum atomic E-state index is -3.50. The first-order valence-electron chi connectivity index (χ1n) is 5.67. The third-order valence-corrected chi connectivity index (χ3v) is 6.78. The molecule has 0 aromatic heterocycles. The third-order valence-electron chi connectivity index (χ3n) is 2.69. The Morgan fingerprint density at radius 3 is 1.94 bits per heavy atom. The van der Waals surface area contributed by atoms with Crippen LogP contribution >= 0.6 is 19.2 Å². The fourth-order valence-corrected chi connectivity index (χ4v) is 4.90. The number of rotatable bonds is 5. The maximum Gasteiger partial charge on any atom is 0.353 e. The standard InChI is InChI=1S/C11H19ClNO3P/c1-8(2)15-17(14,16-9(3)4)11(12)6-10(11,5)7-13/h8-9H,6H2,1-5H3/t10-,11+/m1/s1. The number of halogens is 1. The minimum Gasteiger partial charge on any atom is -0.305 e. The Balaban J connectivity index is 3.02. The zero-order valence-electron chi connectivity index (χ0n) is 10.9. The summed E-state index contributed by atoms with van der Waals surface area (Å²) in [5.41, 5.74) is -0.839. The summed E-state index contributed by atoms with van der Waals surface area (Å²) in [5, 5.41) is 9.07. The molecule has 0 saturated heterocycles. The van der Waals surface area contributed by atoms with Crippen molar-refractivity contribution in [2.45, 2.75) is 57.9 Å². The second-order valence-corrected chi connectivity index (χ2v) is 8.27. The summed E-state index contributed by atoms with van der Waals surface area (Å²) < 4.78 is 22.4. The Morgan fingerprint density at radius 1 is 1.29 bits per heavy atom. The van der Waals surface area contributed by atoms with E-state index >= 15 is 0 Å². The van der Waals surface area contributed by atoms with Crippen LogP contribution in [0.4, 0.5) is 0 Å². The van der Waals surface area contributed by atoms with Gasteiger partial charge < -0.3 is 9.05 Å². The van der Waals surface area contributed by atoms with Gasteiger partial charge in [0.25, 0.3) is 0 Å². The highest BCUT2D eigenvalue weighted by molar-refractivity contribution is 7.58. The van der Waals surface area contributed by atoms with Gasteiger partial charge in [-0.2, -0.15) is 5.26 Å². The number of nitrogens with zero attached hydrogens (tertiary/aromatic N) is 1. The predicted molar refractivity (Wildman–Crippen MR) is 67.0 cm³/mol. The first-order chi connectivity index (χ1) is 7.60. The minimum absolute atomic E-state index is 0.265. The van der Waals surface area contributed by atoms with Gasteiger partial charge in [0.2, 0.25) is 0 Å². The molecule has 0 N–H and O–H groups in total. The van der Waals surface area contributed by atoms with E-state index in [1.54, 1.807) is 34.6 Å². The molecular weight excluding hydrogens is 261 g/mol. The van der Waals surface area contributed by atoms with Crippen LogP contribution in [0.15, 0.2) is 0 Å². The summed E-state index contributed by atoms with van der Waals surface area (Å²) in [6.07, 6.45) is -0.202. The molecule has 17 heavy (non-hydrogen) atoms. The molecular formula is C11H19ClNO3P. The van der Waals surface area contributed by atoms with E-state index in [-0.39, 0.29) is 12.2 Å². The Hall–Kier alpha value is -0.0700. The van der Waals surface area contributed by atoms with Gasteiger partial charge in [-0.05, 0) is 34.6 Å². The SMILES string of the molecule is CC(C)OP(=O)(OC(C)C)[C@@]1(Cl)C[C@]1(C)C#N. The first kappa shape index (κ1) is 15.0. The molecule has 0 aliphatic heterocycles. The molecule has 0 amide bonds. The van der Waals surface area contributed by atoms with E-state index in [1.165, 1.54) is 0 Å². The molecule has 1 aliphatic carbocycles. The number of hydrogen-bond acceptors (Lipinski definition) is 4. The Bertz CT molecular complexity index is 379. The van der Waals surface area contributed by atoms with E-state index in [0.29, 0.717) is 6.42 Å². The monoisotopic (exact) mass is 279 g/mol. The van der Waals surface area contributed by atoms with Crippen molar-refractivity contribution >= 4 is 19.2 Å². The molecule has 0 unspecified atom stereocenters. The van der Waals surface area contributed by atoms with Crippen molar-refractivity contribution in [1.82, 2.24) is 0 Å². The van der Waals surface area contributed by atoms with Gasteiger partial charge in [-0.1, -0.05) is 0 Å². The Labute approximate surface area is 108 Å². The molecule has 1 saturated carbocycles. The topological polar surface area (TPSA) is 59.3 Å². The highest BCUT2D eigenvalue weighted by atomic mass is 35.5. The van der Waals surface area contributed by atoms with Crippen LogP contribution in [0, 0.1) is 16.7 Å². The van der Waals surface area contributed by atoms with Crippen LogP contribution in [0.1, 0.15) is 41.0 Å². The fourth-order valence-electron chi connectivity index (χ4n) is 1.70. The molecule has 98 valence electrons. The van der Waals surface area contributed by atoms with Gasteiger partial charge in [0.15, 0.2) is 4.62 Å². The molecule has 0 spiro atoms. The Kier molecular flexibility index (Phi) is 4.01. The highest BCUT2D eigenvalue weighted by Gasteiger charge is 2.76. The van der Waals surface area contributed by atoms with Gasteiger partial charge in [-0.25, -0.2) is 0 Å². The van der Waals surface area contributed by atoms with E-state index in [9.17, 15) is 4.57 Å². The lowest BCUT2D eigenvalue weighted by molar-refractivity contribution is 0.138. The molecule has 0 radical (unpaired) electrons. The van der Waals surface area contributed by atoms with Crippen molar-refractivity contribution in [3.05, 3.63) is 0 Å². The lowest BCUT2D eigenvalue weighted by Crippen LogP contribution is -2.19. The Morgan fingerprint density at radius 2 is 1.71 bits per heavy atom. The van der Waals surface area contributed by atoms with Crippen LogP contribution in [0.2, 0.25) is 0 Å². The number of nitriles is 1. The van der Waals surface area contributed by atoms with Crippen molar-refractivity contribution in [3.8, 4) is 6.07 Å². The van der Waals surface area contributed by atoms with Crippen LogP contribution in [0.5, 0.6) is 0 Å². The van der Waals surface area contributed by atoms with Crippen molar-refractivity contribution in [3.63, 3.8) is 0 Å². The normalized spacial score (nSPS) is 32.9. The molecule has 0 aromatic carbocycles. The van der Waals surface area contributed by atoms with Gasteiger partial charge in [-0.15, -0.1) is 11.6 Å². The molecule has 4 nitrogen and oxygen atoms in total. The first-order valence-corrected chi connectivity index (χ1v) is 7.59. The van der Waals surface area contributed by atoms with Gasteiger partial charge in [0, 0.05) is 6.42 Å². The van der Waals surface area contributed by atoms with Crippen molar-refractivity contribution in [2.24, 2.45) is 5.41 Å². The quantitative estimate of drug-likeness (QED) is 0.566. The molecule has 0 bridgehead atoms. The fraction of sp³-hybridized carbons (Fsp3) is 0.909. The zero-order chi connectivity index (χ0) is 13.5. The summed E-state index contributed by atoms with van der Waals surface area (Å²) in [7, 11) is -3.50. The van der Waals surface area contributed by atoms with Crippen LogP contribution in [0.3, 0.4) is 0 Å². The van der Waals surface area contributed by atoms with E-state index in [1.807, 2.05) is 0 Å². The van der Waals surface area contributed by atoms with Crippen molar-refractivity contribution in [1.29, 1.82) is 5.26 Å². The average Bonchev–Trinajstić information content (AvgIpc) is 2.69. The molecule has 6 heteroatoms. The molecule has 1 aliphatic rings. The van der Waals surface area contributed by atoms with E-state index in [0.717, 1.165) is 0 Å². The molecule has 1 fully saturated rings. The maximum atomic E-state index is 12.8. The maximum absolute atomic E-state index is 12.8. The van der Waals surface area contributed by atoms with Crippen LogP contribution in [0.25, 0.3) is 0 Å². The lowest BCUT2D eigenvalue weighted by atomic mass is 10.2. The van der Waals surface area contributed by atoms with E-state index in [4.69, 9.17) is 25.9 Å². The van der Waals surface area contributed by atoms with Crippen molar-refractivity contribution < 1.29 is 13.6 Å². The van der Waals surface area contributed by atoms with Crippen molar-refractivity contribution in [2.75, 3.05) is 0 Å². The highest BCUT2D eigenvalue weighted by Crippen LogP contribution is 2.82. The van der Waals surface area contributed by atoms with Gasteiger partial charge in [-0.3, -0.25) is 4.57 Å². The van der Waals surface area contributed by atoms with Gasteiger partial charge in [0.05, 0.1) is 23.7 Å². The molecule has 1 rings (SSSR count). The van der Waals surface area contributed by atoms with E-state index < -0.39 is 17.6 Å². The molecule has 0 aromatic rings. The summed E-state index contributed by atoms with van der Waals surface area (Å²) in [6.45, 7) is 8.75. The van der Waals surface area contributed by atoms with Crippen LogP contribution in [-0.4, -0.2) is 16.8 Å². The van der Waals surface area contributed by atoms with Crippen LogP contribution in [-0.2, 0) is 13.6 Å². The molecule has 0 heterocycles.